The lowest BCUT2D eigenvalue weighted by atomic mass is 10.0. The van der Waals surface area contributed by atoms with Crippen LogP contribution in [0.15, 0.2) is 52.4 Å². The third-order valence-corrected chi connectivity index (χ3v) is 5.95. The molecule has 166 valence electrons. The third kappa shape index (κ3) is 7.53. The van der Waals surface area contributed by atoms with E-state index in [0.717, 1.165) is 24.1 Å². The van der Waals surface area contributed by atoms with Crippen molar-refractivity contribution in [2.24, 2.45) is 10.7 Å². The second-order valence-electron chi connectivity index (χ2n) is 6.52. The number of nitrogens with zero attached hydrogens (tertiary/aromatic N) is 1. The van der Waals surface area contributed by atoms with Crippen molar-refractivity contribution >= 4 is 45.6 Å². The summed E-state index contributed by atoms with van der Waals surface area (Å²) in [6.45, 7) is 4.99. The Morgan fingerprint density at radius 1 is 1.10 bits per heavy atom. The van der Waals surface area contributed by atoms with Gasteiger partial charge >= 0.3 is 0 Å². The number of rotatable bonds is 10. The van der Waals surface area contributed by atoms with Crippen LogP contribution in [0.5, 0.6) is 0 Å². The highest BCUT2D eigenvalue weighted by Gasteiger charge is 2.13. The van der Waals surface area contributed by atoms with Crippen LogP contribution in [0.1, 0.15) is 30.5 Å². The molecule has 2 rings (SSSR count). The second kappa shape index (κ2) is 12.9. The van der Waals surface area contributed by atoms with Gasteiger partial charge in [-0.15, -0.1) is 24.0 Å². The molecule has 30 heavy (non-hydrogen) atoms. The van der Waals surface area contributed by atoms with Crippen molar-refractivity contribution in [2.45, 2.75) is 38.1 Å². The molecule has 0 unspecified atom stereocenters. The first-order valence-electron chi connectivity index (χ1n) is 9.66. The van der Waals surface area contributed by atoms with Gasteiger partial charge in [0.15, 0.2) is 5.96 Å². The number of hydrogen-bond acceptors (Lipinski definition) is 4. The van der Waals surface area contributed by atoms with Gasteiger partial charge in [-0.05, 0) is 41.7 Å². The Labute approximate surface area is 196 Å². The summed E-state index contributed by atoms with van der Waals surface area (Å²) in [5.74, 6) is 0.298. The molecule has 0 saturated heterocycles. The molecule has 0 amide bonds. The molecule has 2 aromatic carbocycles. The highest BCUT2D eigenvalue weighted by molar-refractivity contribution is 14.0. The smallest absolute Gasteiger partial charge is 0.240 e. The lowest BCUT2D eigenvalue weighted by Gasteiger charge is -2.15. The molecule has 0 spiro atoms. The number of aliphatic imine (C=N–C) groups is 1. The van der Waals surface area contributed by atoms with Crippen LogP contribution in [-0.4, -0.2) is 34.6 Å². The Morgan fingerprint density at radius 3 is 2.33 bits per heavy atom. The quantitative estimate of drug-likeness (QED) is 0.184. The van der Waals surface area contributed by atoms with E-state index >= 15 is 0 Å². The van der Waals surface area contributed by atoms with E-state index < -0.39 is 10.0 Å². The van der Waals surface area contributed by atoms with Gasteiger partial charge < -0.3 is 15.8 Å². The molecule has 0 radical (unpaired) electrons. The van der Waals surface area contributed by atoms with E-state index in [4.69, 9.17) is 10.5 Å². The number of para-hydroxylation sites is 1. The number of aryl methyl sites for hydroxylation is 2. The molecule has 0 aliphatic carbocycles. The Bertz CT molecular complexity index is 927. The summed E-state index contributed by atoms with van der Waals surface area (Å²) in [4.78, 5) is 4.58. The van der Waals surface area contributed by atoms with E-state index in [1.54, 1.807) is 18.2 Å². The Hall–Kier alpha value is -1.69. The molecule has 4 N–H and O–H groups in total. The minimum absolute atomic E-state index is 0. The number of methoxy groups -OCH3 is 1. The van der Waals surface area contributed by atoms with Gasteiger partial charge in [-0.3, -0.25) is 0 Å². The Morgan fingerprint density at radius 2 is 1.73 bits per heavy atom. The van der Waals surface area contributed by atoms with Crippen LogP contribution in [0.3, 0.4) is 0 Å². The van der Waals surface area contributed by atoms with Gasteiger partial charge in [0.2, 0.25) is 10.0 Å². The molecule has 0 heterocycles. The molecule has 2 aromatic rings. The maximum absolute atomic E-state index is 12.3. The summed E-state index contributed by atoms with van der Waals surface area (Å²) in [6.07, 6.45) is 1.78. The van der Waals surface area contributed by atoms with Crippen LogP contribution in [0, 0.1) is 0 Å². The molecule has 0 saturated carbocycles. The minimum atomic E-state index is -3.59. The van der Waals surface area contributed by atoms with Crippen molar-refractivity contribution in [1.29, 1.82) is 0 Å². The topological polar surface area (TPSA) is 106 Å². The number of benzene rings is 2. The van der Waals surface area contributed by atoms with E-state index in [1.807, 2.05) is 12.1 Å². The maximum atomic E-state index is 12.3. The number of anilines is 1. The lowest BCUT2D eigenvalue weighted by Crippen LogP contribution is -2.27. The van der Waals surface area contributed by atoms with Gasteiger partial charge in [0.1, 0.15) is 0 Å². The van der Waals surface area contributed by atoms with Crippen LogP contribution >= 0.6 is 24.0 Å². The van der Waals surface area contributed by atoms with Crippen LogP contribution in [0.4, 0.5) is 5.69 Å². The molecule has 0 fully saturated rings. The van der Waals surface area contributed by atoms with E-state index in [0.29, 0.717) is 12.6 Å². The zero-order chi connectivity index (χ0) is 21.3. The van der Waals surface area contributed by atoms with Crippen LogP contribution < -0.4 is 15.8 Å². The number of halogens is 1. The molecule has 0 aliphatic rings. The van der Waals surface area contributed by atoms with Crippen molar-refractivity contribution in [3.63, 3.8) is 0 Å². The van der Waals surface area contributed by atoms with Crippen molar-refractivity contribution in [3.8, 4) is 0 Å². The number of hydrogen-bond donors (Lipinski definition) is 3. The maximum Gasteiger partial charge on any atom is 0.240 e. The second-order valence-corrected chi connectivity index (χ2v) is 8.29. The molecular weight excluding hydrogens is 515 g/mol. The van der Waals surface area contributed by atoms with Crippen molar-refractivity contribution in [1.82, 2.24) is 4.72 Å². The van der Waals surface area contributed by atoms with E-state index in [1.165, 1.54) is 18.2 Å². The first kappa shape index (κ1) is 26.3. The first-order chi connectivity index (χ1) is 13.9. The molecule has 9 heteroatoms. The largest absolute Gasteiger partial charge is 0.383 e. The third-order valence-electron chi connectivity index (χ3n) is 4.49. The molecule has 0 aromatic heterocycles. The first-order valence-corrected chi connectivity index (χ1v) is 11.1. The van der Waals surface area contributed by atoms with Gasteiger partial charge in [0, 0.05) is 19.3 Å². The number of nitrogens with one attached hydrogen (secondary N) is 2. The molecule has 0 aliphatic heterocycles. The van der Waals surface area contributed by atoms with Gasteiger partial charge in [0.25, 0.3) is 0 Å². The van der Waals surface area contributed by atoms with E-state index in [2.05, 4.69) is 41.0 Å². The summed E-state index contributed by atoms with van der Waals surface area (Å²) in [7, 11) is -2.06. The fourth-order valence-corrected chi connectivity index (χ4v) is 4.00. The SMILES string of the molecule is CCc1cccc(CC)c1NC(N)=NCc1cccc(S(=O)(=O)NCCOC)c1.I. The highest BCUT2D eigenvalue weighted by atomic mass is 127. The van der Waals surface area contributed by atoms with E-state index in [9.17, 15) is 8.42 Å². The summed E-state index contributed by atoms with van der Waals surface area (Å²) in [5, 5.41) is 3.21. The Balaban J connectivity index is 0.00000450. The number of nitrogens with two attached hydrogens (primary N) is 1. The zero-order valence-corrected chi connectivity index (χ0v) is 20.8. The highest BCUT2D eigenvalue weighted by Crippen LogP contribution is 2.22. The normalized spacial score (nSPS) is 11.8. The average Bonchev–Trinajstić information content (AvgIpc) is 2.72. The fourth-order valence-electron chi connectivity index (χ4n) is 2.92. The fraction of sp³-hybridized carbons (Fsp3) is 0.381. The molecule has 0 bridgehead atoms. The lowest BCUT2D eigenvalue weighted by molar-refractivity contribution is 0.204. The Kier molecular flexibility index (Phi) is 11.3. The number of guanidine groups is 1. The average molecular weight is 546 g/mol. The van der Waals surface area contributed by atoms with Crippen molar-refractivity contribution in [3.05, 3.63) is 59.2 Å². The summed E-state index contributed by atoms with van der Waals surface area (Å²) >= 11 is 0. The van der Waals surface area contributed by atoms with Crippen molar-refractivity contribution in [2.75, 3.05) is 25.6 Å². The van der Waals surface area contributed by atoms with Crippen LogP contribution in [-0.2, 0) is 34.1 Å². The standard InChI is InChI=1S/C21H30N4O3S.HI/c1-4-17-9-7-10-18(5-2)20(17)25-21(22)23-15-16-8-6-11-19(14-16)29(26,27)24-12-13-28-3;/h6-11,14,24H,4-5,12-13,15H2,1-3H3,(H3,22,23,25);1H. The number of sulfonamides is 1. The molecule has 0 atom stereocenters. The summed E-state index contributed by atoms with van der Waals surface area (Å²) in [6, 6.07) is 12.9. The number of ether oxygens (including phenoxy) is 1. The van der Waals surface area contributed by atoms with Gasteiger partial charge in [-0.2, -0.15) is 0 Å². The van der Waals surface area contributed by atoms with Crippen LogP contribution in [0.25, 0.3) is 0 Å². The predicted octanol–water partition coefficient (Wildman–Crippen LogP) is 3.28. The van der Waals surface area contributed by atoms with E-state index in [-0.39, 0.29) is 42.0 Å². The molecule has 7 nitrogen and oxygen atoms in total. The molecular formula is C21H31IN4O3S. The van der Waals surface area contributed by atoms with Crippen molar-refractivity contribution < 1.29 is 13.2 Å². The monoisotopic (exact) mass is 546 g/mol. The zero-order valence-electron chi connectivity index (χ0n) is 17.6. The summed E-state index contributed by atoms with van der Waals surface area (Å²) in [5.41, 5.74) is 10.2. The summed E-state index contributed by atoms with van der Waals surface area (Å²) < 4.78 is 32.1. The predicted molar refractivity (Wildman–Crippen MR) is 133 cm³/mol. The van der Waals surface area contributed by atoms with Gasteiger partial charge in [-0.25, -0.2) is 18.1 Å². The van der Waals surface area contributed by atoms with Crippen LogP contribution in [0.2, 0.25) is 0 Å². The van der Waals surface area contributed by atoms with Gasteiger partial charge in [0.05, 0.1) is 18.0 Å². The minimum Gasteiger partial charge on any atom is -0.383 e. The van der Waals surface area contributed by atoms with Gasteiger partial charge in [-0.1, -0.05) is 44.2 Å².